The maximum atomic E-state index is 12.5. The van der Waals surface area contributed by atoms with Gasteiger partial charge < -0.3 is 5.73 Å². The van der Waals surface area contributed by atoms with Gasteiger partial charge in [-0.2, -0.15) is 0 Å². The van der Waals surface area contributed by atoms with Crippen molar-refractivity contribution in [3.8, 4) is 0 Å². The largest absolute Gasteiger partial charge is 0.398 e. The van der Waals surface area contributed by atoms with E-state index < -0.39 is 10.8 Å². The number of nitrogen functional groups attached to an aromatic ring is 1. The molecule has 2 rings (SSSR count). The van der Waals surface area contributed by atoms with Crippen molar-refractivity contribution in [2.24, 2.45) is 0 Å². The maximum absolute atomic E-state index is 12.5. The normalized spacial score (nSPS) is 19.8. The Bertz CT molecular complexity index is 414. The molecular formula is C13H18ClNOS. The van der Waals surface area contributed by atoms with E-state index >= 15 is 0 Å². The van der Waals surface area contributed by atoms with Crippen molar-refractivity contribution >= 4 is 28.1 Å². The predicted molar refractivity (Wildman–Crippen MR) is 73.8 cm³/mol. The quantitative estimate of drug-likeness (QED) is 0.658. The van der Waals surface area contributed by atoms with Crippen molar-refractivity contribution in [2.45, 2.75) is 48.7 Å². The average Bonchev–Trinajstić information content (AvgIpc) is 2.60. The highest BCUT2D eigenvalue weighted by Crippen LogP contribution is 2.29. The fraction of sp³-hybridized carbons (Fsp3) is 0.538. The van der Waals surface area contributed by atoms with Crippen LogP contribution in [0.25, 0.3) is 0 Å². The average molecular weight is 272 g/mol. The van der Waals surface area contributed by atoms with Gasteiger partial charge in [-0.25, -0.2) is 0 Å². The van der Waals surface area contributed by atoms with Crippen molar-refractivity contribution in [1.29, 1.82) is 0 Å². The molecule has 0 amide bonds. The van der Waals surface area contributed by atoms with E-state index in [0.29, 0.717) is 15.6 Å². The van der Waals surface area contributed by atoms with Crippen LogP contribution in [0.3, 0.4) is 0 Å². The molecule has 1 aromatic rings. The first-order chi connectivity index (χ1) is 8.18. The molecule has 1 fully saturated rings. The predicted octanol–water partition coefficient (Wildman–Crippen LogP) is 3.75. The highest BCUT2D eigenvalue weighted by atomic mass is 35.5. The maximum Gasteiger partial charge on any atom is 0.0635 e. The van der Waals surface area contributed by atoms with E-state index in [2.05, 4.69) is 0 Å². The number of halogens is 1. The van der Waals surface area contributed by atoms with E-state index in [9.17, 15) is 4.21 Å². The summed E-state index contributed by atoms with van der Waals surface area (Å²) in [5.41, 5.74) is 6.48. The monoisotopic (exact) mass is 271 g/mol. The second-order valence-electron chi connectivity index (χ2n) is 4.59. The molecule has 0 heterocycles. The van der Waals surface area contributed by atoms with Gasteiger partial charge in [0, 0.05) is 16.0 Å². The first kappa shape index (κ1) is 12.9. The van der Waals surface area contributed by atoms with Crippen LogP contribution in [-0.2, 0) is 10.8 Å². The van der Waals surface area contributed by atoms with Crippen molar-refractivity contribution < 1.29 is 4.21 Å². The van der Waals surface area contributed by atoms with Crippen molar-refractivity contribution in [3.05, 3.63) is 23.2 Å². The molecule has 2 nitrogen and oxygen atoms in total. The standard InChI is InChI=1S/C13H18ClNOS/c14-10-7-8-12(15)13(9-10)17(16)11-5-3-1-2-4-6-11/h7-9,11H,1-6,15H2. The van der Waals surface area contributed by atoms with E-state index in [1.165, 1.54) is 25.7 Å². The van der Waals surface area contributed by atoms with Gasteiger partial charge in [0.05, 0.1) is 15.7 Å². The molecule has 1 atom stereocenters. The van der Waals surface area contributed by atoms with E-state index in [1.54, 1.807) is 18.2 Å². The number of nitrogens with two attached hydrogens (primary N) is 1. The van der Waals surface area contributed by atoms with Crippen molar-refractivity contribution in [2.75, 3.05) is 5.73 Å². The van der Waals surface area contributed by atoms with Gasteiger partial charge in [0.25, 0.3) is 0 Å². The highest BCUT2D eigenvalue weighted by molar-refractivity contribution is 7.85. The number of benzene rings is 1. The van der Waals surface area contributed by atoms with Gasteiger partial charge in [-0.05, 0) is 31.0 Å². The molecule has 1 aliphatic rings. The Morgan fingerprint density at radius 1 is 1.18 bits per heavy atom. The molecule has 1 unspecified atom stereocenters. The third-order valence-electron chi connectivity index (χ3n) is 3.30. The molecule has 0 aromatic heterocycles. The summed E-state index contributed by atoms with van der Waals surface area (Å²) in [6.07, 6.45) is 6.96. The first-order valence-electron chi connectivity index (χ1n) is 6.14. The zero-order valence-corrected chi connectivity index (χ0v) is 11.4. The van der Waals surface area contributed by atoms with Crippen LogP contribution in [0.1, 0.15) is 38.5 Å². The summed E-state index contributed by atoms with van der Waals surface area (Å²) in [4.78, 5) is 0.712. The molecule has 1 saturated carbocycles. The second kappa shape index (κ2) is 5.87. The Kier molecular flexibility index (Phi) is 4.46. The summed E-state index contributed by atoms with van der Waals surface area (Å²) >= 11 is 5.94. The van der Waals surface area contributed by atoms with E-state index in [4.69, 9.17) is 17.3 Å². The molecule has 0 bridgehead atoms. The summed E-state index contributed by atoms with van der Waals surface area (Å²) in [6.45, 7) is 0. The topological polar surface area (TPSA) is 43.1 Å². The lowest BCUT2D eigenvalue weighted by molar-refractivity contribution is 0.642. The summed E-state index contributed by atoms with van der Waals surface area (Å²) in [7, 11) is -1.01. The molecule has 1 aromatic carbocycles. The zero-order chi connectivity index (χ0) is 12.3. The summed E-state index contributed by atoms with van der Waals surface area (Å²) in [6, 6.07) is 5.23. The Morgan fingerprint density at radius 2 is 1.82 bits per heavy atom. The van der Waals surface area contributed by atoms with Crippen LogP contribution in [0.4, 0.5) is 5.69 Å². The lowest BCUT2D eigenvalue weighted by Gasteiger charge is -2.15. The molecule has 4 heteroatoms. The van der Waals surface area contributed by atoms with Gasteiger partial charge in [-0.15, -0.1) is 0 Å². The Labute approximate surface area is 110 Å². The third-order valence-corrected chi connectivity index (χ3v) is 5.40. The zero-order valence-electron chi connectivity index (χ0n) is 9.82. The minimum atomic E-state index is -1.01. The van der Waals surface area contributed by atoms with Crippen LogP contribution < -0.4 is 5.73 Å². The fourth-order valence-electron chi connectivity index (χ4n) is 2.32. The van der Waals surface area contributed by atoms with Crippen LogP contribution >= 0.6 is 11.6 Å². The molecule has 0 radical (unpaired) electrons. The van der Waals surface area contributed by atoms with Crippen LogP contribution in [-0.4, -0.2) is 9.46 Å². The van der Waals surface area contributed by atoms with Gasteiger partial charge in [-0.1, -0.05) is 37.3 Å². The van der Waals surface area contributed by atoms with Crippen LogP contribution in [0.2, 0.25) is 5.02 Å². The highest BCUT2D eigenvalue weighted by Gasteiger charge is 2.21. The number of hydrogen-bond acceptors (Lipinski definition) is 2. The second-order valence-corrected chi connectivity index (χ2v) is 6.73. The van der Waals surface area contributed by atoms with Crippen LogP contribution in [0.5, 0.6) is 0 Å². The summed E-state index contributed by atoms with van der Waals surface area (Å²) in [5.74, 6) is 0. The molecular weight excluding hydrogens is 254 g/mol. The van der Waals surface area contributed by atoms with E-state index in [0.717, 1.165) is 12.8 Å². The van der Waals surface area contributed by atoms with Gasteiger partial charge >= 0.3 is 0 Å². The van der Waals surface area contributed by atoms with Gasteiger partial charge in [-0.3, -0.25) is 4.21 Å². The Balaban J connectivity index is 2.20. The molecule has 2 N–H and O–H groups in total. The van der Waals surface area contributed by atoms with E-state index in [1.807, 2.05) is 0 Å². The molecule has 17 heavy (non-hydrogen) atoms. The van der Waals surface area contributed by atoms with Gasteiger partial charge in [0.2, 0.25) is 0 Å². The Hall–Kier alpha value is -0.540. The lowest BCUT2D eigenvalue weighted by Crippen LogP contribution is -2.15. The van der Waals surface area contributed by atoms with Gasteiger partial charge in [0.1, 0.15) is 0 Å². The number of rotatable bonds is 2. The molecule has 0 saturated heterocycles. The number of hydrogen-bond donors (Lipinski definition) is 1. The summed E-state index contributed by atoms with van der Waals surface area (Å²) in [5, 5.41) is 0.856. The lowest BCUT2D eigenvalue weighted by atomic mass is 10.2. The van der Waals surface area contributed by atoms with E-state index in [-0.39, 0.29) is 5.25 Å². The minimum absolute atomic E-state index is 0.248. The third kappa shape index (κ3) is 3.23. The molecule has 94 valence electrons. The van der Waals surface area contributed by atoms with Crippen LogP contribution in [0.15, 0.2) is 23.1 Å². The SMILES string of the molecule is Nc1ccc(Cl)cc1S(=O)C1CCCCCC1. The summed E-state index contributed by atoms with van der Waals surface area (Å²) < 4.78 is 12.5. The Morgan fingerprint density at radius 3 is 2.47 bits per heavy atom. The first-order valence-corrected chi connectivity index (χ1v) is 7.73. The smallest absolute Gasteiger partial charge is 0.0635 e. The minimum Gasteiger partial charge on any atom is -0.398 e. The molecule has 0 spiro atoms. The van der Waals surface area contributed by atoms with Gasteiger partial charge in [0.15, 0.2) is 0 Å². The van der Waals surface area contributed by atoms with Crippen molar-refractivity contribution in [3.63, 3.8) is 0 Å². The molecule has 0 aliphatic heterocycles. The fourth-order valence-corrected chi connectivity index (χ4v) is 4.22. The molecule has 1 aliphatic carbocycles. The number of anilines is 1. The van der Waals surface area contributed by atoms with Crippen molar-refractivity contribution in [1.82, 2.24) is 0 Å². The van der Waals surface area contributed by atoms with Crippen LogP contribution in [0, 0.1) is 0 Å².